The van der Waals surface area contributed by atoms with Crippen LogP contribution >= 0.6 is 0 Å². The van der Waals surface area contributed by atoms with Crippen LogP contribution in [0, 0.1) is 12.3 Å². The Balaban J connectivity index is 1.94. The van der Waals surface area contributed by atoms with Crippen LogP contribution in [0.4, 0.5) is 0 Å². The monoisotopic (exact) mass is 403 g/mol. The maximum Gasteiger partial charge on any atom is 0.335 e. The summed E-state index contributed by atoms with van der Waals surface area (Å²) < 4.78 is 0. The van der Waals surface area contributed by atoms with Crippen LogP contribution in [-0.4, -0.2) is 17.6 Å². The molecule has 0 spiro atoms. The zero-order valence-electron chi connectivity index (χ0n) is 19.0. The molecular weight excluding hydrogens is 370 g/mol. The first kappa shape index (κ1) is 21.9. The van der Waals surface area contributed by atoms with Crippen molar-refractivity contribution in [1.29, 1.82) is 0 Å². The minimum atomic E-state index is -0.902. The number of rotatable bonds is 5. The van der Waals surface area contributed by atoms with Gasteiger partial charge in [-0.1, -0.05) is 71.0 Å². The van der Waals surface area contributed by atoms with Gasteiger partial charge in [-0.15, -0.1) is 0 Å². The molecule has 3 nitrogen and oxygen atoms in total. The molecule has 3 heteroatoms. The van der Waals surface area contributed by atoms with E-state index in [0.29, 0.717) is 5.56 Å². The first-order valence-corrected chi connectivity index (χ1v) is 10.6. The van der Waals surface area contributed by atoms with Crippen molar-refractivity contribution in [3.05, 3.63) is 75.9 Å². The first-order valence-electron chi connectivity index (χ1n) is 10.6. The maximum atomic E-state index is 11.0. The van der Waals surface area contributed by atoms with Crippen molar-refractivity contribution in [3.63, 3.8) is 0 Å². The fourth-order valence-electron chi connectivity index (χ4n) is 3.71. The molecule has 0 fully saturated rings. The average Bonchev–Trinajstić information content (AvgIpc) is 2.66. The second-order valence-corrected chi connectivity index (χ2v) is 10.1. The third-order valence-corrected chi connectivity index (χ3v) is 5.66. The highest BCUT2D eigenvalue weighted by Gasteiger charge is 2.29. The average molecular weight is 404 g/mol. The third kappa shape index (κ3) is 5.02. The Kier molecular flexibility index (Phi) is 5.94. The van der Waals surface area contributed by atoms with Crippen LogP contribution in [0.25, 0.3) is 17.8 Å². The summed E-state index contributed by atoms with van der Waals surface area (Å²) in [6, 6.07) is 11.6. The van der Waals surface area contributed by atoms with Gasteiger partial charge in [0.15, 0.2) is 0 Å². The summed E-state index contributed by atoms with van der Waals surface area (Å²) in [5.74, 6) is -0.902. The van der Waals surface area contributed by atoms with Crippen LogP contribution < -0.4 is 5.32 Å². The van der Waals surface area contributed by atoms with Gasteiger partial charge in [-0.05, 0) is 64.6 Å². The fourth-order valence-corrected chi connectivity index (χ4v) is 3.71. The predicted molar refractivity (Wildman–Crippen MR) is 127 cm³/mol. The molecular formula is C27H33NO2. The molecule has 2 N–H and O–H groups in total. The minimum Gasteiger partial charge on any atom is -0.478 e. The van der Waals surface area contributed by atoms with E-state index in [0.717, 1.165) is 18.5 Å². The van der Waals surface area contributed by atoms with Crippen molar-refractivity contribution < 1.29 is 9.90 Å². The molecule has 0 heterocycles. The van der Waals surface area contributed by atoms with Crippen molar-refractivity contribution in [2.75, 3.05) is 6.54 Å². The second kappa shape index (κ2) is 8.14. The normalized spacial score (nSPS) is 15.6. The Morgan fingerprint density at radius 1 is 1.13 bits per heavy atom. The largest absolute Gasteiger partial charge is 0.478 e. The molecule has 0 atom stereocenters. The lowest BCUT2D eigenvalue weighted by atomic mass is 9.73. The highest BCUT2D eigenvalue weighted by atomic mass is 16.4. The molecule has 0 bridgehead atoms. The van der Waals surface area contributed by atoms with Crippen LogP contribution in [0.15, 0.2) is 42.5 Å². The van der Waals surface area contributed by atoms with Crippen molar-refractivity contribution in [1.82, 2.24) is 5.32 Å². The molecule has 1 aliphatic carbocycles. The zero-order chi connectivity index (χ0) is 22.1. The Morgan fingerprint density at radius 3 is 2.40 bits per heavy atom. The Morgan fingerprint density at radius 2 is 1.80 bits per heavy atom. The molecule has 0 saturated heterocycles. The zero-order valence-corrected chi connectivity index (χ0v) is 19.0. The number of hydrogen-bond acceptors (Lipinski definition) is 2. The van der Waals surface area contributed by atoms with Gasteiger partial charge in [0, 0.05) is 17.8 Å². The minimum absolute atomic E-state index is 0.113. The van der Waals surface area contributed by atoms with Crippen LogP contribution in [-0.2, 0) is 5.41 Å². The van der Waals surface area contributed by atoms with Crippen LogP contribution in [0.1, 0.15) is 79.2 Å². The van der Waals surface area contributed by atoms with Crippen LogP contribution in [0.2, 0.25) is 0 Å². The predicted octanol–water partition coefficient (Wildman–Crippen LogP) is 6.52. The molecule has 3 rings (SSSR count). The van der Waals surface area contributed by atoms with Gasteiger partial charge in [0.25, 0.3) is 0 Å². The lowest BCUT2D eigenvalue weighted by molar-refractivity contribution is 0.0697. The van der Waals surface area contributed by atoms with E-state index in [1.165, 1.54) is 28.0 Å². The SMILES string of the molecule is Cc1cc2c(cc1C=Cc1ccc(C(=O)O)cc1)C(NCC(C)(C)C)=CCC2(C)C. The van der Waals surface area contributed by atoms with Crippen molar-refractivity contribution in [2.45, 2.75) is 53.4 Å². The molecule has 0 aliphatic heterocycles. The molecule has 0 radical (unpaired) electrons. The number of aromatic carboxylic acids is 1. The van der Waals surface area contributed by atoms with E-state index in [9.17, 15) is 4.79 Å². The van der Waals surface area contributed by atoms with E-state index in [4.69, 9.17) is 5.11 Å². The lowest BCUT2D eigenvalue weighted by Gasteiger charge is -2.34. The number of fused-ring (bicyclic) bond motifs is 1. The van der Waals surface area contributed by atoms with Gasteiger partial charge in [-0.25, -0.2) is 4.79 Å². The standard InChI is InChI=1S/C27H33NO2/c1-18-15-23-22(24(13-14-27(23,5)6)28-17-26(2,3)4)16-21(18)12-9-19-7-10-20(11-8-19)25(29)30/h7-13,15-16,28H,14,17H2,1-6H3,(H,29,30). The van der Waals surface area contributed by atoms with Gasteiger partial charge in [0.05, 0.1) is 5.56 Å². The fraction of sp³-hybridized carbons (Fsp3) is 0.370. The number of carbonyl (C=O) groups is 1. The molecule has 2 aromatic carbocycles. The number of aryl methyl sites for hydroxylation is 1. The Labute approximate surface area is 180 Å². The summed E-state index contributed by atoms with van der Waals surface area (Å²) in [6.07, 6.45) is 7.52. The van der Waals surface area contributed by atoms with Crippen LogP contribution in [0.5, 0.6) is 0 Å². The summed E-state index contributed by atoms with van der Waals surface area (Å²) >= 11 is 0. The summed E-state index contributed by atoms with van der Waals surface area (Å²) in [6.45, 7) is 14.4. The van der Waals surface area contributed by atoms with E-state index in [-0.39, 0.29) is 10.8 Å². The topological polar surface area (TPSA) is 49.3 Å². The van der Waals surface area contributed by atoms with E-state index < -0.39 is 5.97 Å². The maximum absolute atomic E-state index is 11.0. The highest BCUT2D eigenvalue weighted by molar-refractivity contribution is 5.88. The number of hydrogen-bond donors (Lipinski definition) is 2. The van der Waals surface area contributed by atoms with Gasteiger partial charge in [0.2, 0.25) is 0 Å². The molecule has 0 aromatic heterocycles. The first-order chi connectivity index (χ1) is 14.0. The molecule has 1 aliphatic rings. The van der Waals surface area contributed by atoms with E-state index in [2.05, 4.69) is 71.1 Å². The lowest BCUT2D eigenvalue weighted by Crippen LogP contribution is -2.30. The molecule has 0 amide bonds. The van der Waals surface area contributed by atoms with Gasteiger partial charge < -0.3 is 10.4 Å². The summed E-state index contributed by atoms with van der Waals surface area (Å²) in [7, 11) is 0. The summed E-state index contributed by atoms with van der Waals surface area (Å²) in [4.78, 5) is 11.0. The molecule has 0 saturated carbocycles. The molecule has 30 heavy (non-hydrogen) atoms. The van der Waals surface area contributed by atoms with Crippen LogP contribution in [0.3, 0.4) is 0 Å². The third-order valence-electron chi connectivity index (χ3n) is 5.66. The molecule has 2 aromatic rings. The van der Waals surface area contributed by atoms with E-state index in [1.54, 1.807) is 12.1 Å². The van der Waals surface area contributed by atoms with Gasteiger partial charge >= 0.3 is 5.97 Å². The van der Waals surface area contributed by atoms with E-state index in [1.807, 2.05) is 18.2 Å². The second-order valence-electron chi connectivity index (χ2n) is 10.1. The van der Waals surface area contributed by atoms with Crippen molar-refractivity contribution >= 4 is 23.8 Å². The highest BCUT2D eigenvalue weighted by Crippen LogP contribution is 2.39. The number of carboxylic acid groups (broad SMARTS) is 1. The van der Waals surface area contributed by atoms with Gasteiger partial charge in [-0.2, -0.15) is 0 Å². The smallest absolute Gasteiger partial charge is 0.335 e. The molecule has 158 valence electrons. The Hall–Kier alpha value is -2.81. The quantitative estimate of drug-likeness (QED) is 0.559. The number of allylic oxidation sites excluding steroid dienone is 1. The number of nitrogens with one attached hydrogen (secondary N) is 1. The Bertz CT molecular complexity index is 1000. The molecule has 0 unspecified atom stereocenters. The summed E-state index contributed by atoms with van der Waals surface area (Å²) in [5, 5.41) is 12.7. The van der Waals surface area contributed by atoms with Crippen molar-refractivity contribution in [3.8, 4) is 0 Å². The van der Waals surface area contributed by atoms with Gasteiger partial charge in [0.1, 0.15) is 0 Å². The van der Waals surface area contributed by atoms with E-state index >= 15 is 0 Å². The number of benzene rings is 2. The summed E-state index contributed by atoms with van der Waals surface area (Å²) in [5.41, 5.74) is 7.93. The van der Waals surface area contributed by atoms with Gasteiger partial charge in [-0.3, -0.25) is 0 Å². The number of carboxylic acids is 1. The van der Waals surface area contributed by atoms with Crippen molar-refractivity contribution in [2.24, 2.45) is 5.41 Å².